The fraction of sp³-hybridized carbons (Fsp3) is 0.571. The molecule has 2 heterocycles. The first-order valence-electron chi connectivity index (χ1n) is 9.74. The van der Waals surface area contributed by atoms with E-state index in [1.165, 1.54) is 5.56 Å². The summed E-state index contributed by atoms with van der Waals surface area (Å²) in [6, 6.07) is 7.21. The second-order valence-electron chi connectivity index (χ2n) is 8.29. The van der Waals surface area contributed by atoms with E-state index in [0.717, 1.165) is 23.3 Å². The smallest absolute Gasteiger partial charge is 0.325 e. The van der Waals surface area contributed by atoms with Gasteiger partial charge < -0.3 is 10.2 Å². The number of urea groups is 1. The van der Waals surface area contributed by atoms with Crippen LogP contribution in [0.15, 0.2) is 24.3 Å². The van der Waals surface area contributed by atoms with Crippen molar-refractivity contribution < 1.29 is 14.4 Å². The molecule has 3 rings (SSSR count). The van der Waals surface area contributed by atoms with Gasteiger partial charge in [-0.05, 0) is 42.7 Å². The monoisotopic (exact) mass is 371 g/mol. The molecule has 0 aliphatic carbocycles. The molecule has 1 aromatic carbocycles. The summed E-state index contributed by atoms with van der Waals surface area (Å²) in [6.45, 7) is 9.27. The van der Waals surface area contributed by atoms with Crippen LogP contribution in [-0.2, 0) is 15.1 Å². The summed E-state index contributed by atoms with van der Waals surface area (Å²) in [5, 5.41) is 2.78. The highest BCUT2D eigenvalue weighted by atomic mass is 16.2. The predicted octanol–water partition coefficient (Wildman–Crippen LogP) is 2.84. The number of likely N-dealkylation sites (tertiary alicyclic amines) is 1. The minimum absolute atomic E-state index is 0.162. The summed E-state index contributed by atoms with van der Waals surface area (Å²) in [7, 11) is 0. The van der Waals surface area contributed by atoms with Gasteiger partial charge in [0.15, 0.2) is 0 Å². The normalized spacial score (nSPS) is 23.9. The number of hydrogen-bond donors (Lipinski definition) is 1. The fourth-order valence-corrected chi connectivity index (χ4v) is 3.73. The number of imide groups is 1. The second-order valence-corrected chi connectivity index (χ2v) is 8.29. The predicted molar refractivity (Wildman–Crippen MR) is 103 cm³/mol. The Kier molecular flexibility index (Phi) is 5.27. The van der Waals surface area contributed by atoms with Gasteiger partial charge in [-0.15, -0.1) is 0 Å². The third-order valence-electron chi connectivity index (χ3n) is 5.86. The molecule has 0 radical (unpaired) electrons. The molecule has 0 spiro atoms. The van der Waals surface area contributed by atoms with Gasteiger partial charge in [0.1, 0.15) is 12.1 Å². The van der Waals surface area contributed by atoms with E-state index in [1.54, 1.807) is 11.8 Å². The lowest BCUT2D eigenvalue weighted by Gasteiger charge is -2.31. The summed E-state index contributed by atoms with van der Waals surface area (Å²) >= 11 is 0. The number of hydrogen-bond acceptors (Lipinski definition) is 3. The van der Waals surface area contributed by atoms with Crippen molar-refractivity contribution in [1.82, 2.24) is 15.1 Å². The van der Waals surface area contributed by atoms with Crippen LogP contribution in [0.3, 0.4) is 0 Å². The highest BCUT2D eigenvalue weighted by Gasteiger charge is 2.49. The van der Waals surface area contributed by atoms with Crippen LogP contribution >= 0.6 is 0 Å². The lowest BCUT2D eigenvalue weighted by molar-refractivity contribution is -0.139. The molecule has 146 valence electrons. The van der Waals surface area contributed by atoms with Crippen LogP contribution in [-0.4, -0.2) is 47.3 Å². The Labute approximate surface area is 160 Å². The SMILES string of the molecule is CC1CCN(C(=O)CN2C(=O)N[C@@](C)(c3ccc(C(C)C)cc3)C2=O)CC1. The van der Waals surface area contributed by atoms with Gasteiger partial charge in [-0.25, -0.2) is 4.79 Å². The lowest BCUT2D eigenvalue weighted by Crippen LogP contribution is -2.46. The first-order chi connectivity index (χ1) is 12.7. The molecule has 1 aromatic rings. The molecule has 6 heteroatoms. The third-order valence-corrected chi connectivity index (χ3v) is 5.86. The average Bonchev–Trinajstić information content (AvgIpc) is 2.86. The maximum absolute atomic E-state index is 13.0. The van der Waals surface area contributed by atoms with Crippen molar-refractivity contribution in [3.05, 3.63) is 35.4 Å². The number of carbonyl (C=O) groups is 3. The molecule has 2 saturated heterocycles. The molecule has 0 aromatic heterocycles. The number of amides is 4. The summed E-state index contributed by atoms with van der Waals surface area (Å²) in [6.07, 6.45) is 1.93. The van der Waals surface area contributed by atoms with Gasteiger partial charge >= 0.3 is 6.03 Å². The molecule has 0 bridgehead atoms. The highest BCUT2D eigenvalue weighted by Crippen LogP contribution is 2.30. The van der Waals surface area contributed by atoms with Crippen molar-refractivity contribution in [3.63, 3.8) is 0 Å². The molecule has 2 fully saturated rings. The van der Waals surface area contributed by atoms with Crippen molar-refractivity contribution in [2.75, 3.05) is 19.6 Å². The zero-order chi connectivity index (χ0) is 19.8. The molecule has 2 aliphatic rings. The van der Waals surface area contributed by atoms with Crippen molar-refractivity contribution >= 4 is 17.8 Å². The van der Waals surface area contributed by atoms with Crippen LogP contribution in [0.4, 0.5) is 4.79 Å². The van der Waals surface area contributed by atoms with Crippen molar-refractivity contribution in [2.24, 2.45) is 5.92 Å². The van der Waals surface area contributed by atoms with Crippen LogP contribution in [0.2, 0.25) is 0 Å². The number of benzene rings is 1. The van der Waals surface area contributed by atoms with E-state index in [9.17, 15) is 14.4 Å². The van der Waals surface area contributed by atoms with Gasteiger partial charge in [0.25, 0.3) is 5.91 Å². The Hall–Kier alpha value is -2.37. The van der Waals surface area contributed by atoms with Gasteiger partial charge in [0, 0.05) is 13.1 Å². The molecule has 0 saturated carbocycles. The van der Waals surface area contributed by atoms with Gasteiger partial charge in [-0.3, -0.25) is 14.5 Å². The Morgan fingerprint density at radius 1 is 1.19 bits per heavy atom. The maximum Gasteiger partial charge on any atom is 0.325 e. The Morgan fingerprint density at radius 2 is 1.78 bits per heavy atom. The van der Waals surface area contributed by atoms with E-state index >= 15 is 0 Å². The molecule has 1 atom stereocenters. The standard InChI is InChI=1S/C21H29N3O3/c1-14(2)16-5-7-17(8-6-16)21(4)19(26)24(20(27)22-21)13-18(25)23-11-9-15(3)10-12-23/h5-8,14-15H,9-13H2,1-4H3,(H,22,27)/t21-/m0/s1. The van der Waals surface area contributed by atoms with Crippen LogP contribution in [0.5, 0.6) is 0 Å². The summed E-state index contributed by atoms with van der Waals surface area (Å²) in [5.41, 5.74) is 0.765. The van der Waals surface area contributed by atoms with E-state index in [2.05, 4.69) is 26.1 Å². The minimum atomic E-state index is -1.14. The zero-order valence-electron chi connectivity index (χ0n) is 16.6. The van der Waals surface area contributed by atoms with Crippen LogP contribution < -0.4 is 5.32 Å². The Bertz CT molecular complexity index is 736. The summed E-state index contributed by atoms with van der Waals surface area (Å²) in [5.74, 6) is 0.471. The van der Waals surface area contributed by atoms with Crippen molar-refractivity contribution in [3.8, 4) is 0 Å². The van der Waals surface area contributed by atoms with Crippen molar-refractivity contribution in [2.45, 2.75) is 52.0 Å². The summed E-state index contributed by atoms with van der Waals surface area (Å²) in [4.78, 5) is 40.8. The first kappa shape index (κ1) is 19.4. The molecule has 27 heavy (non-hydrogen) atoms. The molecular formula is C21H29N3O3. The van der Waals surface area contributed by atoms with Crippen LogP contribution in [0.25, 0.3) is 0 Å². The average molecular weight is 371 g/mol. The highest BCUT2D eigenvalue weighted by molar-refractivity contribution is 6.09. The van der Waals surface area contributed by atoms with Crippen LogP contribution in [0.1, 0.15) is 57.6 Å². The number of nitrogens with one attached hydrogen (secondary N) is 1. The number of nitrogens with zero attached hydrogens (tertiary/aromatic N) is 2. The molecule has 2 aliphatic heterocycles. The zero-order valence-corrected chi connectivity index (χ0v) is 16.6. The molecular weight excluding hydrogens is 342 g/mol. The number of rotatable bonds is 4. The number of carbonyl (C=O) groups excluding carboxylic acids is 3. The Balaban J connectivity index is 1.73. The van der Waals surface area contributed by atoms with E-state index in [0.29, 0.717) is 24.9 Å². The van der Waals surface area contributed by atoms with Crippen molar-refractivity contribution in [1.29, 1.82) is 0 Å². The topological polar surface area (TPSA) is 69.7 Å². The maximum atomic E-state index is 13.0. The molecule has 1 N–H and O–H groups in total. The molecule has 0 unspecified atom stereocenters. The quantitative estimate of drug-likeness (QED) is 0.828. The van der Waals surface area contributed by atoms with E-state index in [1.807, 2.05) is 24.3 Å². The van der Waals surface area contributed by atoms with Gasteiger partial charge in [0.2, 0.25) is 5.91 Å². The van der Waals surface area contributed by atoms with Crippen LogP contribution in [0, 0.1) is 5.92 Å². The van der Waals surface area contributed by atoms with E-state index in [4.69, 9.17) is 0 Å². The molecule has 6 nitrogen and oxygen atoms in total. The minimum Gasteiger partial charge on any atom is -0.341 e. The van der Waals surface area contributed by atoms with E-state index < -0.39 is 11.6 Å². The first-order valence-corrected chi connectivity index (χ1v) is 9.74. The lowest BCUT2D eigenvalue weighted by atomic mass is 9.90. The number of piperidine rings is 1. The second kappa shape index (κ2) is 7.33. The van der Waals surface area contributed by atoms with E-state index in [-0.39, 0.29) is 18.4 Å². The van der Waals surface area contributed by atoms with Gasteiger partial charge in [0.05, 0.1) is 0 Å². The van der Waals surface area contributed by atoms with Gasteiger partial charge in [-0.2, -0.15) is 0 Å². The Morgan fingerprint density at radius 3 is 2.33 bits per heavy atom. The largest absolute Gasteiger partial charge is 0.341 e. The van der Waals surface area contributed by atoms with Gasteiger partial charge in [-0.1, -0.05) is 45.0 Å². The third kappa shape index (κ3) is 3.70. The fourth-order valence-electron chi connectivity index (χ4n) is 3.73. The molecule has 4 amide bonds. The summed E-state index contributed by atoms with van der Waals surface area (Å²) < 4.78 is 0.